The molecule has 0 bridgehead atoms. The zero-order chi connectivity index (χ0) is 20.5. The van der Waals surface area contributed by atoms with Crippen molar-refractivity contribution in [3.8, 4) is 0 Å². The Balaban J connectivity index is 1.73. The van der Waals surface area contributed by atoms with Crippen LogP contribution in [0.15, 0.2) is 42.5 Å². The molecule has 7 nitrogen and oxygen atoms in total. The van der Waals surface area contributed by atoms with E-state index >= 15 is 0 Å². The molecule has 0 aromatic heterocycles. The highest BCUT2D eigenvalue weighted by atomic mass is 16.2. The molecule has 2 rings (SSSR count). The van der Waals surface area contributed by atoms with Crippen molar-refractivity contribution in [2.24, 2.45) is 0 Å². The lowest BCUT2D eigenvalue weighted by Crippen LogP contribution is -2.36. The molecule has 0 fully saturated rings. The van der Waals surface area contributed by atoms with Crippen LogP contribution < -0.4 is 21.3 Å². The summed E-state index contributed by atoms with van der Waals surface area (Å²) in [6.07, 6.45) is 0.395. The van der Waals surface area contributed by atoms with Gasteiger partial charge in [0.2, 0.25) is 5.91 Å². The topological polar surface area (TPSA) is 99.3 Å². The molecule has 0 radical (unpaired) electrons. The summed E-state index contributed by atoms with van der Waals surface area (Å²) in [5.74, 6) is -0.327. The highest BCUT2D eigenvalue weighted by molar-refractivity contribution is 5.96. The molecule has 2 aromatic rings. The van der Waals surface area contributed by atoms with E-state index < -0.39 is 0 Å². The van der Waals surface area contributed by atoms with Crippen LogP contribution in [-0.4, -0.2) is 30.9 Å². The Bertz CT molecular complexity index is 847. The van der Waals surface area contributed by atoms with E-state index in [4.69, 9.17) is 0 Å². The van der Waals surface area contributed by atoms with Crippen LogP contribution in [0, 0.1) is 13.8 Å². The van der Waals surface area contributed by atoms with Crippen LogP contribution in [0.5, 0.6) is 0 Å². The summed E-state index contributed by atoms with van der Waals surface area (Å²) in [6.45, 7) is 6.30. The first-order valence-corrected chi connectivity index (χ1v) is 9.19. The van der Waals surface area contributed by atoms with E-state index in [9.17, 15) is 14.4 Å². The summed E-state index contributed by atoms with van der Waals surface area (Å²) in [4.78, 5) is 35.4. The average molecular weight is 382 g/mol. The van der Waals surface area contributed by atoms with E-state index in [1.54, 1.807) is 31.2 Å². The molecule has 4 N–H and O–H groups in total. The molecule has 0 aliphatic rings. The molecule has 0 saturated carbocycles. The molecule has 7 heteroatoms. The number of hydrogen-bond donors (Lipinski definition) is 4. The number of hydrogen-bond acceptors (Lipinski definition) is 3. The van der Waals surface area contributed by atoms with Gasteiger partial charge in [-0.05, 0) is 49.7 Å². The van der Waals surface area contributed by atoms with Gasteiger partial charge in [-0.15, -0.1) is 0 Å². The van der Waals surface area contributed by atoms with Gasteiger partial charge in [0.1, 0.15) is 0 Å². The molecule has 0 heterocycles. The Morgan fingerprint density at radius 3 is 2.18 bits per heavy atom. The van der Waals surface area contributed by atoms with Gasteiger partial charge >= 0.3 is 6.03 Å². The number of nitrogens with one attached hydrogen (secondary N) is 4. The van der Waals surface area contributed by atoms with Gasteiger partial charge in [-0.1, -0.05) is 24.6 Å². The number of rotatable bonds is 7. The Morgan fingerprint density at radius 2 is 1.54 bits per heavy atom. The quantitative estimate of drug-likeness (QED) is 0.553. The molecule has 0 aliphatic carbocycles. The fourth-order valence-electron chi connectivity index (χ4n) is 2.53. The lowest BCUT2D eigenvalue weighted by Gasteiger charge is -2.11. The lowest BCUT2D eigenvalue weighted by molar-refractivity contribution is -0.115. The third kappa shape index (κ3) is 6.42. The zero-order valence-electron chi connectivity index (χ0n) is 16.4. The predicted octanol–water partition coefficient (Wildman–Crippen LogP) is 3.20. The lowest BCUT2D eigenvalue weighted by atomic mass is 10.1. The molecule has 0 saturated heterocycles. The first-order valence-electron chi connectivity index (χ1n) is 9.19. The van der Waals surface area contributed by atoms with Crippen molar-refractivity contribution < 1.29 is 14.4 Å². The summed E-state index contributed by atoms with van der Waals surface area (Å²) in [5, 5.41) is 11.0. The van der Waals surface area contributed by atoms with E-state index in [0.717, 1.165) is 16.8 Å². The van der Waals surface area contributed by atoms with E-state index in [-0.39, 0.29) is 17.8 Å². The number of anilines is 2. The van der Waals surface area contributed by atoms with Crippen molar-refractivity contribution in [3.63, 3.8) is 0 Å². The summed E-state index contributed by atoms with van der Waals surface area (Å²) < 4.78 is 0. The van der Waals surface area contributed by atoms with E-state index in [1.165, 1.54) is 0 Å². The van der Waals surface area contributed by atoms with Crippen LogP contribution in [0.4, 0.5) is 16.2 Å². The monoisotopic (exact) mass is 382 g/mol. The molecule has 28 heavy (non-hydrogen) atoms. The number of benzene rings is 2. The average Bonchev–Trinajstić information content (AvgIpc) is 2.67. The highest BCUT2D eigenvalue weighted by Gasteiger charge is 2.07. The molecule has 0 unspecified atom stereocenters. The summed E-state index contributed by atoms with van der Waals surface area (Å²) in [7, 11) is 0. The van der Waals surface area contributed by atoms with Gasteiger partial charge in [-0.25, -0.2) is 4.79 Å². The fraction of sp³-hybridized carbons (Fsp3) is 0.286. The van der Waals surface area contributed by atoms with E-state index in [2.05, 4.69) is 21.3 Å². The SMILES string of the molecule is CCC(=O)Nc1ccc(C(=O)NCCNC(=O)Nc2ccc(C)cc2C)cc1. The van der Waals surface area contributed by atoms with Crippen molar-refractivity contribution in [3.05, 3.63) is 59.2 Å². The van der Waals surface area contributed by atoms with Crippen molar-refractivity contribution >= 4 is 29.2 Å². The van der Waals surface area contributed by atoms with Gasteiger partial charge < -0.3 is 21.3 Å². The summed E-state index contributed by atoms with van der Waals surface area (Å²) in [5.41, 5.74) is 4.00. The van der Waals surface area contributed by atoms with Gasteiger partial charge in [-0.2, -0.15) is 0 Å². The van der Waals surface area contributed by atoms with Gasteiger partial charge in [0.05, 0.1) is 0 Å². The normalized spacial score (nSPS) is 10.1. The Hall–Kier alpha value is -3.35. The third-order valence-electron chi connectivity index (χ3n) is 4.08. The van der Waals surface area contributed by atoms with Gasteiger partial charge in [0.25, 0.3) is 5.91 Å². The number of aryl methyl sites for hydroxylation is 2. The molecular weight excluding hydrogens is 356 g/mol. The van der Waals surface area contributed by atoms with Crippen LogP contribution in [0.3, 0.4) is 0 Å². The smallest absolute Gasteiger partial charge is 0.319 e. The van der Waals surface area contributed by atoms with Crippen LogP contribution in [0.2, 0.25) is 0 Å². The summed E-state index contributed by atoms with van der Waals surface area (Å²) in [6, 6.07) is 12.1. The zero-order valence-corrected chi connectivity index (χ0v) is 16.4. The second-order valence-corrected chi connectivity index (χ2v) is 6.43. The number of amides is 4. The van der Waals surface area contributed by atoms with Crippen molar-refractivity contribution in [2.75, 3.05) is 23.7 Å². The van der Waals surface area contributed by atoms with Crippen molar-refractivity contribution in [1.82, 2.24) is 10.6 Å². The molecule has 2 aromatic carbocycles. The number of urea groups is 1. The molecule has 0 atom stereocenters. The molecule has 148 valence electrons. The molecule has 4 amide bonds. The van der Waals surface area contributed by atoms with Crippen LogP contribution in [-0.2, 0) is 4.79 Å². The standard InChI is InChI=1S/C21H26N4O3/c1-4-19(26)24-17-8-6-16(7-9-17)20(27)22-11-12-23-21(28)25-18-10-5-14(2)13-15(18)3/h5-10,13H,4,11-12H2,1-3H3,(H,22,27)(H,24,26)(H2,23,25,28). The first-order chi connectivity index (χ1) is 13.4. The second kappa shape index (κ2) is 10.1. The van der Waals surface area contributed by atoms with Crippen molar-refractivity contribution in [1.29, 1.82) is 0 Å². The second-order valence-electron chi connectivity index (χ2n) is 6.43. The van der Waals surface area contributed by atoms with Crippen molar-refractivity contribution in [2.45, 2.75) is 27.2 Å². The minimum absolute atomic E-state index is 0.0811. The van der Waals surface area contributed by atoms with Crippen LogP contribution in [0.1, 0.15) is 34.8 Å². The largest absolute Gasteiger partial charge is 0.350 e. The maximum atomic E-state index is 12.1. The molecule has 0 spiro atoms. The Kier molecular flexibility index (Phi) is 7.56. The van der Waals surface area contributed by atoms with E-state index in [0.29, 0.717) is 30.8 Å². The van der Waals surface area contributed by atoms with Crippen LogP contribution >= 0.6 is 0 Å². The van der Waals surface area contributed by atoms with E-state index in [1.807, 2.05) is 32.0 Å². The summed E-state index contributed by atoms with van der Waals surface area (Å²) >= 11 is 0. The van der Waals surface area contributed by atoms with Gasteiger partial charge in [0, 0.05) is 36.4 Å². The minimum Gasteiger partial charge on any atom is -0.350 e. The Labute approximate surface area is 164 Å². The molecule has 0 aliphatic heterocycles. The highest BCUT2D eigenvalue weighted by Crippen LogP contribution is 2.15. The predicted molar refractivity (Wildman–Crippen MR) is 111 cm³/mol. The van der Waals surface area contributed by atoms with Crippen LogP contribution in [0.25, 0.3) is 0 Å². The first kappa shape index (κ1) is 21.0. The van der Waals surface area contributed by atoms with Gasteiger partial charge in [0.15, 0.2) is 0 Å². The fourth-order valence-corrected chi connectivity index (χ4v) is 2.53. The number of carbonyl (C=O) groups is 3. The van der Waals surface area contributed by atoms with Gasteiger partial charge in [-0.3, -0.25) is 9.59 Å². The molecular formula is C21H26N4O3. The maximum absolute atomic E-state index is 12.1. The maximum Gasteiger partial charge on any atom is 0.319 e. The Morgan fingerprint density at radius 1 is 0.857 bits per heavy atom. The number of carbonyl (C=O) groups excluding carboxylic acids is 3. The third-order valence-corrected chi connectivity index (χ3v) is 4.08. The minimum atomic E-state index is -0.322.